The van der Waals surface area contributed by atoms with Gasteiger partial charge in [-0.15, -0.1) is 0 Å². The highest BCUT2D eigenvalue weighted by Crippen LogP contribution is 2.16. The van der Waals surface area contributed by atoms with Crippen LogP contribution in [0, 0.1) is 0 Å². The minimum absolute atomic E-state index is 0.184. The van der Waals surface area contributed by atoms with Crippen molar-refractivity contribution in [2.45, 2.75) is 38.7 Å². The maximum Gasteiger partial charge on any atom is 0.326 e. The van der Waals surface area contributed by atoms with Gasteiger partial charge in [-0.3, -0.25) is 14.4 Å². The summed E-state index contributed by atoms with van der Waals surface area (Å²) in [7, 11) is 1.47. The van der Waals surface area contributed by atoms with Gasteiger partial charge in [0.1, 0.15) is 12.3 Å². The van der Waals surface area contributed by atoms with Gasteiger partial charge >= 0.3 is 5.97 Å². The van der Waals surface area contributed by atoms with Crippen LogP contribution in [0.3, 0.4) is 0 Å². The number of nitrogens with one attached hydrogen (secondary N) is 1. The van der Waals surface area contributed by atoms with Crippen LogP contribution in [-0.2, 0) is 14.3 Å². The molecule has 1 fully saturated rings. The zero-order valence-electron chi connectivity index (χ0n) is 15.3. The number of amides is 2. The van der Waals surface area contributed by atoms with Crippen LogP contribution in [0.25, 0.3) is 0 Å². The number of rotatable bonds is 6. The lowest BCUT2D eigenvalue weighted by Gasteiger charge is -2.24. The smallest absolute Gasteiger partial charge is 0.326 e. The highest BCUT2D eigenvalue weighted by Gasteiger charge is 2.24. The van der Waals surface area contributed by atoms with E-state index in [1.165, 1.54) is 7.11 Å². The zero-order chi connectivity index (χ0) is 18.9. The summed E-state index contributed by atoms with van der Waals surface area (Å²) in [4.78, 5) is 38.2. The van der Waals surface area contributed by atoms with E-state index >= 15 is 0 Å². The van der Waals surface area contributed by atoms with E-state index in [1.807, 2.05) is 0 Å². The number of methoxy groups -OCH3 is 1. The SMILES string of the molecule is COc1ccccc1C(=O)NCC(=O)OC(C)C(=O)N1CCCCCC1. The summed E-state index contributed by atoms with van der Waals surface area (Å²) in [5, 5.41) is 2.49. The fourth-order valence-electron chi connectivity index (χ4n) is 2.92. The van der Waals surface area contributed by atoms with Crippen LogP contribution in [0.15, 0.2) is 24.3 Å². The van der Waals surface area contributed by atoms with Crippen LogP contribution in [0.2, 0.25) is 0 Å². The standard InChI is InChI=1S/C19H26N2O5/c1-14(19(24)21-11-7-3-4-8-12-21)26-17(22)13-20-18(23)15-9-5-6-10-16(15)25-2/h5-6,9-10,14H,3-4,7-8,11-13H2,1-2H3,(H,20,23). The minimum atomic E-state index is -0.858. The fourth-order valence-corrected chi connectivity index (χ4v) is 2.92. The van der Waals surface area contributed by atoms with Crippen LogP contribution in [0.5, 0.6) is 5.75 Å². The number of likely N-dealkylation sites (tertiary alicyclic amines) is 1. The Balaban J connectivity index is 1.82. The van der Waals surface area contributed by atoms with Gasteiger partial charge in [0.25, 0.3) is 11.8 Å². The molecule has 0 spiro atoms. The van der Waals surface area contributed by atoms with Crippen molar-refractivity contribution in [2.24, 2.45) is 0 Å². The zero-order valence-corrected chi connectivity index (χ0v) is 15.3. The molecule has 1 aromatic rings. The number of ether oxygens (including phenoxy) is 2. The average Bonchev–Trinajstić information content (AvgIpc) is 2.94. The molecule has 0 radical (unpaired) electrons. The summed E-state index contributed by atoms with van der Waals surface area (Å²) in [5.74, 6) is -0.853. The predicted octanol–water partition coefficient (Wildman–Crippen LogP) is 1.76. The van der Waals surface area contributed by atoms with Gasteiger partial charge in [-0.1, -0.05) is 25.0 Å². The molecule has 1 N–H and O–H groups in total. The Labute approximate surface area is 153 Å². The molecule has 1 aliphatic heterocycles. The van der Waals surface area contributed by atoms with Crippen LogP contribution >= 0.6 is 0 Å². The van der Waals surface area contributed by atoms with E-state index in [4.69, 9.17) is 9.47 Å². The number of nitrogens with zero attached hydrogens (tertiary/aromatic N) is 1. The summed E-state index contributed by atoms with van der Waals surface area (Å²) in [6.07, 6.45) is 3.33. The molecule has 0 aromatic heterocycles. The first-order valence-corrected chi connectivity index (χ1v) is 8.92. The molecule has 26 heavy (non-hydrogen) atoms. The maximum atomic E-state index is 12.4. The largest absolute Gasteiger partial charge is 0.496 e. The highest BCUT2D eigenvalue weighted by molar-refractivity contribution is 5.98. The second kappa shape index (κ2) is 9.79. The van der Waals surface area contributed by atoms with Gasteiger partial charge in [-0.05, 0) is 31.9 Å². The van der Waals surface area contributed by atoms with Gasteiger partial charge in [-0.25, -0.2) is 0 Å². The number of carbonyl (C=O) groups is 3. The first-order valence-electron chi connectivity index (χ1n) is 8.92. The maximum absolute atomic E-state index is 12.4. The first kappa shape index (κ1) is 19.8. The third-order valence-corrected chi connectivity index (χ3v) is 4.32. The molecule has 7 heteroatoms. The molecule has 2 amide bonds. The van der Waals surface area contributed by atoms with Crippen LogP contribution in [0.1, 0.15) is 43.0 Å². The van der Waals surface area contributed by atoms with Gasteiger partial charge < -0.3 is 19.7 Å². The van der Waals surface area contributed by atoms with Crippen LogP contribution in [-0.4, -0.2) is 55.5 Å². The monoisotopic (exact) mass is 362 g/mol. The van der Waals surface area contributed by atoms with Crippen molar-refractivity contribution in [1.29, 1.82) is 0 Å². The molecule has 7 nitrogen and oxygen atoms in total. The number of para-hydroxylation sites is 1. The van der Waals surface area contributed by atoms with Crippen molar-refractivity contribution >= 4 is 17.8 Å². The normalized spacial score (nSPS) is 15.5. The summed E-state index contributed by atoms with van der Waals surface area (Å²) in [6.45, 7) is 2.65. The highest BCUT2D eigenvalue weighted by atomic mass is 16.5. The second-order valence-corrected chi connectivity index (χ2v) is 6.25. The molecule has 142 valence electrons. The van der Waals surface area contributed by atoms with E-state index in [2.05, 4.69) is 5.32 Å². The predicted molar refractivity (Wildman–Crippen MR) is 95.9 cm³/mol. The van der Waals surface area contributed by atoms with Crippen molar-refractivity contribution in [3.63, 3.8) is 0 Å². The lowest BCUT2D eigenvalue weighted by molar-refractivity contribution is -0.158. The number of esters is 1. The molecule has 1 unspecified atom stereocenters. The van der Waals surface area contributed by atoms with E-state index in [0.717, 1.165) is 25.7 Å². The molecule has 1 saturated heterocycles. The first-order chi connectivity index (χ1) is 12.5. The molecule has 0 bridgehead atoms. The number of carbonyl (C=O) groups excluding carboxylic acids is 3. The Morgan fingerprint density at radius 3 is 2.42 bits per heavy atom. The van der Waals surface area contributed by atoms with Crippen molar-refractivity contribution in [3.05, 3.63) is 29.8 Å². The lowest BCUT2D eigenvalue weighted by Crippen LogP contribution is -2.42. The molecular formula is C19H26N2O5. The molecule has 1 aromatic carbocycles. The van der Waals surface area contributed by atoms with E-state index in [1.54, 1.807) is 36.1 Å². The molecule has 2 rings (SSSR count). The van der Waals surface area contributed by atoms with Gasteiger partial charge in [0, 0.05) is 13.1 Å². The summed E-state index contributed by atoms with van der Waals surface area (Å²) in [6, 6.07) is 6.72. The topological polar surface area (TPSA) is 84.9 Å². The molecular weight excluding hydrogens is 336 g/mol. The minimum Gasteiger partial charge on any atom is -0.496 e. The molecule has 1 heterocycles. The van der Waals surface area contributed by atoms with Crippen LogP contribution in [0.4, 0.5) is 0 Å². The summed E-state index contributed by atoms with van der Waals surface area (Å²) >= 11 is 0. The quantitative estimate of drug-likeness (QED) is 0.780. The average molecular weight is 362 g/mol. The van der Waals surface area contributed by atoms with Gasteiger partial charge in [0.2, 0.25) is 0 Å². The molecule has 0 aliphatic carbocycles. The van der Waals surface area contributed by atoms with Crippen molar-refractivity contribution in [2.75, 3.05) is 26.7 Å². The Bertz CT molecular complexity index is 639. The molecule has 0 saturated carbocycles. The lowest BCUT2D eigenvalue weighted by atomic mass is 10.2. The van der Waals surface area contributed by atoms with E-state index < -0.39 is 18.0 Å². The van der Waals surface area contributed by atoms with Crippen LogP contribution < -0.4 is 10.1 Å². The van der Waals surface area contributed by atoms with Gasteiger partial charge in [0.05, 0.1) is 12.7 Å². The molecule has 1 atom stereocenters. The van der Waals surface area contributed by atoms with Gasteiger partial charge in [0.15, 0.2) is 6.10 Å². The van der Waals surface area contributed by atoms with Gasteiger partial charge in [-0.2, -0.15) is 0 Å². The van der Waals surface area contributed by atoms with E-state index in [-0.39, 0.29) is 12.5 Å². The number of hydrogen-bond acceptors (Lipinski definition) is 5. The van der Waals surface area contributed by atoms with Crippen molar-refractivity contribution in [1.82, 2.24) is 10.2 Å². The molecule has 1 aliphatic rings. The Kier molecular flexibility index (Phi) is 7.44. The number of hydrogen-bond donors (Lipinski definition) is 1. The second-order valence-electron chi connectivity index (χ2n) is 6.25. The van der Waals surface area contributed by atoms with Crippen molar-refractivity contribution < 1.29 is 23.9 Å². The third kappa shape index (κ3) is 5.47. The Hall–Kier alpha value is -2.57. The van der Waals surface area contributed by atoms with E-state index in [9.17, 15) is 14.4 Å². The summed E-state index contributed by atoms with van der Waals surface area (Å²) < 4.78 is 10.3. The Morgan fingerprint density at radius 2 is 1.77 bits per heavy atom. The van der Waals surface area contributed by atoms with E-state index in [0.29, 0.717) is 24.4 Å². The fraction of sp³-hybridized carbons (Fsp3) is 0.526. The van der Waals surface area contributed by atoms with Crippen molar-refractivity contribution in [3.8, 4) is 5.75 Å². The third-order valence-electron chi connectivity index (χ3n) is 4.32. The summed E-state index contributed by atoms with van der Waals surface area (Å²) in [5.41, 5.74) is 0.330. The number of benzene rings is 1. The Morgan fingerprint density at radius 1 is 1.12 bits per heavy atom.